The zero-order valence-electron chi connectivity index (χ0n) is 8.91. The van der Waals surface area contributed by atoms with E-state index >= 15 is 0 Å². The van der Waals surface area contributed by atoms with Crippen LogP contribution in [-0.4, -0.2) is 29.3 Å². The van der Waals surface area contributed by atoms with Gasteiger partial charge < -0.3 is 10.4 Å². The number of hydrogen-bond donors (Lipinski definition) is 2. The number of halogens is 1. The van der Waals surface area contributed by atoms with Gasteiger partial charge in [-0.25, -0.2) is 0 Å². The van der Waals surface area contributed by atoms with Gasteiger partial charge in [-0.2, -0.15) is 0 Å². The molecule has 1 aromatic heterocycles. The summed E-state index contributed by atoms with van der Waals surface area (Å²) in [6, 6.07) is 1.98. The van der Waals surface area contributed by atoms with Gasteiger partial charge in [-0.3, -0.25) is 4.98 Å². The number of aliphatic hydroxyl groups excluding tert-OH is 1. The van der Waals surface area contributed by atoms with Crippen LogP contribution in [0, 0.1) is 0 Å². The number of hydrogen-bond acceptors (Lipinski definition) is 3. The van der Waals surface area contributed by atoms with Gasteiger partial charge in [0.25, 0.3) is 0 Å². The third-order valence-corrected chi connectivity index (χ3v) is 2.47. The number of nitrogens with one attached hydrogen (secondary N) is 1. The van der Waals surface area contributed by atoms with Crippen LogP contribution in [0.25, 0.3) is 0 Å². The van der Waals surface area contributed by atoms with Crippen LogP contribution < -0.4 is 5.32 Å². The van der Waals surface area contributed by atoms with Gasteiger partial charge in [0.2, 0.25) is 0 Å². The van der Waals surface area contributed by atoms with E-state index < -0.39 is 0 Å². The second-order valence-corrected chi connectivity index (χ2v) is 4.49. The molecule has 0 saturated heterocycles. The molecule has 1 unspecified atom stereocenters. The van der Waals surface area contributed by atoms with Crippen LogP contribution in [0.2, 0.25) is 0 Å². The quantitative estimate of drug-likeness (QED) is 0.776. The minimum Gasteiger partial charge on any atom is -0.391 e. The Labute approximate surface area is 99.1 Å². The molecule has 0 bridgehead atoms. The molecule has 4 heteroatoms. The van der Waals surface area contributed by atoms with E-state index in [-0.39, 0.29) is 6.10 Å². The zero-order valence-corrected chi connectivity index (χ0v) is 10.5. The Morgan fingerprint density at radius 3 is 3.00 bits per heavy atom. The number of pyridine rings is 1. The summed E-state index contributed by atoms with van der Waals surface area (Å²) in [6.45, 7) is 3.70. The maximum Gasteiger partial charge on any atom is 0.0705 e. The van der Waals surface area contributed by atoms with Crippen molar-refractivity contribution in [3.63, 3.8) is 0 Å². The third-order valence-electron chi connectivity index (χ3n) is 2.04. The maximum atomic E-state index is 9.71. The molecule has 0 radical (unpaired) electrons. The van der Waals surface area contributed by atoms with E-state index in [1.54, 1.807) is 12.4 Å². The van der Waals surface area contributed by atoms with Gasteiger partial charge >= 0.3 is 0 Å². The Hall–Kier alpha value is -0.450. The predicted molar refractivity (Wildman–Crippen MR) is 64.8 cm³/mol. The topological polar surface area (TPSA) is 45.1 Å². The highest BCUT2D eigenvalue weighted by Gasteiger charge is 2.05. The molecule has 3 nitrogen and oxygen atoms in total. The van der Waals surface area contributed by atoms with E-state index in [0.29, 0.717) is 13.0 Å². The van der Waals surface area contributed by atoms with Crippen molar-refractivity contribution in [2.75, 3.05) is 13.1 Å². The van der Waals surface area contributed by atoms with Crippen LogP contribution in [0.5, 0.6) is 0 Å². The summed E-state index contributed by atoms with van der Waals surface area (Å²) in [4.78, 5) is 4.06. The molecule has 2 N–H and O–H groups in total. The second kappa shape index (κ2) is 6.93. The van der Waals surface area contributed by atoms with Crippen LogP contribution in [0.1, 0.15) is 18.9 Å². The molecule has 15 heavy (non-hydrogen) atoms. The molecule has 84 valence electrons. The second-order valence-electron chi connectivity index (χ2n) is 3.57. The highest BCUT2D eigenvalue weighted by Crippen LogP contribution is 2.10. The summed E-state index contributed by atoms with van der Waals surface area (Å²) in [6.07, 6.45) is 4.92. The predicted octanol–water partition coefficient (Wildman–Crippen LogP) is 1.75. The van der Waals surface area contributed by atoms with Crippen molar-refractivity contribution in [2.24, 2.45) is 0 Å². The number of nitrogens with zero attached hydrogens (tertiary/aromatic N) is 1. The van der Waals surface area contributed by atoms with E-state index in [4.69, 9.17) is 0 Å². The molecule has 1 aromatic rings. The molecule has 1 heterocycles. The molecule has 0 aliphatic heterocycles. The highest BCUT2D eigenvalue weighted by atomic mass is 79.9. The SMILES string of the molecule is CCCNCC(O)Cc1cncc(Br)c1. The maximum absolute atomic E-state index is 9.71. The van der Waals surface area contributed by atoms with Crippen LogP contribution in [0.4, 0.5) is 0 Å². The lowest BCUT2D eigenvalue weighted by Crippen LogP contribution is -2.28. The lowest BCUT2D eigenvalue weighted by atomic mass is 10.1. The Balaban J connectivity index is 2.34. The van der Waals surface area contributed by atoms with E-state index in [9.17, 15) is 5.11 Å². The fraction of sp³-hybridized carbons (Fsp3) is 0.545. The molecule has 0 aliphatic carbocycles. The van der Waals surface area contributed by atoms with Crippen molar-refractivity contribution in [3.05, 3.63) is 28.5 Å². The average molecular weight is 273 g/mol. The van der Waals surface area contributed by atoms with E-state index in [1.165, 1.54) is 0 Å². The summed E-state index contributed by atoms with van der Waals surface area (Å²) in [7, 11) is 0. The minimum absolute atomic E-state index is 0.340. The number of rotatable bonds is 6. The van der Waals surface area contributed by atoms with Gasteiger partial charge in [-0.1, -0.05) is 6.92 Å². The smallest absolute Gasteiger partial charge is 0.0705 e. The first kappa shape index (κ1) is 12.6. The summed E-state index contributed by atoms with van der Waals surface area (Å²) in [5, 5.41) is 12.9. The van der Waals surface area contributed by atoms with Gasteiger partial charge in [0.1, 0.15) is 0 Å². The van der Waals surface area contributed by atoms with Crippen molar-refractivity contribution in [3.8, 4) is 0 Å². The normalized spacial score (nSPS) is 12.7. The highest BCUT2D eigenvalue weighted by molar-refractivity contribution is 9.10. The van der Waals surface area contributed by atoms with Gasteiger partial charge in [-0.05, 0) is 40.5 Å². The van der Waals surface area contributed by atoms with Crippen LogP contribution in [0.15, 0.2) is 22.9 Å². The summed E-state index contributed by atoms with van der Waals surface area (Å²) in [5.41, 5.74) is 1.05. The Morgan fingerprint density at radius 1 is 1.53 bits per heavy atom. The van der Waals surface area contributed by atoms with Crippen molar-refractivity contribution in [2.45, 2.75) is 25.9 Å². The molecular weight excluding hydrogens is 256 g/mol. The zero-order chi connectivity index (χ0) is 11.1. The van der Waals surface area contributed by atoms with Gasteiger partial charge in [0.15, 0.2) is 0 Å². The largest absolute Gasteiger partial charge is 0.391 e. The van der Waals surface area contributed by atoms with E-state index in [0.717, 1.165) is 23.0 Å². The fourth-order valence-electron chi connectivity index (χ4n) is 1.36. The molecule has 1 atom stereocenters. The number of aliphatic hydroxyl groups is 1. The van der Waals surface area contributed by atoms with Crippen molar-refractivity contribution in [1.82, 2.24) is 10.3 Å². The van der Waals surface area contributed by atoms with Crippen LogP contribution in [-0.2, 0) is 6.42 Å². The molecule has 0 saturated carbocycles. The lowest BCUT2D eigenvalue weighted by molar-refractivity contribution is 0.172. The van der Waals surface area contributed by atoms with Crippen molar-refractivity contribution >= 4 is 15.9 Å². The van der Waals surface area contributed by atoms with E-state index in [2.05, 4.69) is 33.2 Å². The molecule has 1 rings (SSSR count). The minimum atomic E-state index is -0.340. The Kier molecular flexibility index (Phi) is 5.83. The molecule has 0 aromatic carbocycles. The Bertz CT molecular complexity index is 294. The average Bonchev–Trinajstić information content (AvgIpc) is 2.18. The summed E-state index contributed by atoms with van der Waals surface area (Å²) >= 11 is 3.36. The van der Waals surface area contributed by atoms with Crippen LogP contribution >= 0.6 is 15.9 Å². The summed E-state index contributed by atoms with van der Waals surface area (Å²) in [5.74, 6) is 0. The molecule has 0 aliphatic rings. The first-order valence-electron chi connectivity index (χ1n) is 5.20. The standard InChI is InChI=1S/C11H17BrN2O/c1-2-3-13-8-11(15)5-9-4-10(12)7-14-6-9/h4,6-7,11,13,15H,2-3,5,8H2,1H3. The molecular formula is C11H17BrN2O. The van der Waals surface area contributed by atoms with Gasteiger partial charge in [-0.15, -0.1) is 0 Å². The van der Waals surface area contributed by atoms with E-state index in [1.807, 2.05) is 6.07 Å². The monoisotopic (exact) mass is 272 g/mol. The first-order chi connectivity index (χ1) is 7.22. The van der Waals surface area contributed by atoms with Crippen LogP contribution in [0.3, 0.4) is 0 Å². The fourth-order valence-corrected chi connectivity index (χ4v) is 1.77. The van der Waals surface area contributed by atoms with Crippen molar-refractivity contribution < 1.29 is 5.11 Å². The number of aromatic nitrogens is 1. The first-order valence-corrected chi connectivity index (χ1v) is 6.00. The molecule has 0 spiro atoms. The summed E-state index contributed by atoms with van der Waals surface area (Å²) < 4.78 is 0.953. The van der Waals surface area contributed by atoms with Gasteiger partial charge in [0.05, 0.1) is 6.10 Å². The third kappa shape index (κ3) is 5.25. The lowest BCUT2D eigenvalue weighted by Gasteiger charge is -2.11. The van der Waals surface area contributed by atoms with Crippen molar-refractivity contribution in [1.29, 1.82) is 0 Å². The van der Waals surface area contributed by atoms with Gasteiger partial charge in [0, 0.05) is 29.8 Å². The molecule has 0 fully saturated rings. The Morgan fingerprint density at radius 2 is 2.33 bits per heavy atom. The molecule has 0 amide bonds.